The van der Waals surface area contributed by atoms with Gasteiger partial charge < -0.3 is 15.3 Å². The molecule has 0 aliphatic carbocycles. The number of aliphatic hydroxyl groups is 1. The fraction of sp³-hybridized carbons (Fsp3) is 0.625. The molecule has 0 aromatic heterocycles. The van der Waals surface area contributed by atoms with Gasteiger partial charge in [-0.2, -0.15) is 0 Å². The molecule has 0 saturated carbocycles. The van der Waals surface area contributed by atoms with E-state index in [0.29, 0.717) is 12.6 Å². The summed E-state index contributed by atoms with van der Waals surface area (Å²) in [5.41, 5.74) is 2.60. The van der Waals surface area contributed by atoms with Crippen LogP contribution in [0.15, 0.2) is 24.3 Å². The van der Waals surface area contributed by atoms with E-state index in [-0.39, 0.29) is 6.61 Å². The van der Waals surface area contributed by atoms with Crippen molar-refractivity contribution < 1.29 is 5.11 Å². The summed E-state index contributed by atoms with van der Waals surface area (Å²) in [6, 6.07) is 8.94. The molecule has 1 aromatic rings. The van der Waals surface area contributed by atoms with Gasteiger partial charge in [0, 0.05) is 24.8 Å². The van der Waals surface area contributed by atoms with Crippen LogP contribution in [0.5, 0.6) is 0 Å². The number of anilines is 1. The Morgan fingerprint density at radius 1 is 1.16 bits per heavy atom. The molecule has 1 unspecified atom stereocenters. The Hall–Kier alpha value is -1.06. The molecule has 0 bridgehead atoms. The lowest BCUT2D eigenvalue weighted by Gasteiger charge is -2.29. The first-order valence-electron chi connectivity index (χ1n) is 7.46. The van der Waals surface area contributed by atoms with Crippen molar-refractivity contribution in [1.82, 2.24) is 5.32 Å². The lowest BCUT2D eigenvalue weighted by Crippen LogP contribution is -2.30. The summed E-state index contributed by atoms with van der Waals surface area (Å²) in [5, 5.41) is 12.8. The summed E-state index contributed by atoms with van der Waals surface area (Å²) in [6.45, 7) is 9.39. The van der Waals surface area contributed by atoms with E-state index in [9.17, 15) is 5.11 Å². The molecular weight excluding hydrogens is 236 g/mol. The number of nitrogens with zero attached hydrogens (tertiary/aromatic N) is 1. The van der Waals surface area contributed by atoms with E-state index in [1.807, 2.05) is 0 Å². The van der Waals surface area contributed by atoms with Gasteiger partial charge in [-0.25, -0.2) is 0 Å². The second-order valence-corrected chi connectivity index (χ2v) is 4.79. The lowest BCUT2D eigenvalue weighted by molar-refractivity contribution is 0.301. The summed E-state index contributed by atoms with van der Waals surface area (Å²) in [7, 11) is 0. The summed E-state index contributed by atoms with van der Waals surface area (Å²) in [5.74, 6) is 0. The van der Waals surface area contributed by atoms with E-state index in [4.69, 9.17) is 0 Å². The number of hydrogen-bond donors (Lipinski definition) is 2. The van der Waals surface area contributed by atoms with Gasteiger partial charge in [-0.05, 0) is 31.0 Å². The van der Waals surface area contributed by atoms with Crippen LogP contribution in [0, 0.1) is 0 Å². The molecular formula is C16H28N2O. The quantitative estimate of drug-likeness (QED) is 0.720. The maximum Gasteiger partial charge on any atom is 0.0606 e. The fourth-order valence-corrected chi connectivity index (χ4v) is 2.53. The normalized spacial score (nSPS) is 12.4. The highest BCUT2D eigenvalue weighted by atomic mass is 16.3. The van der Waals surface area contributed by atoms with E-state index in [0.717, 1.165) is 25.9 Å². The largest absolute Gasteiger partial charge is 0.395 e. The minimum atomic E-state index is 0.201. The monoisotopic (exact) mass is 264 g/mol. The minimum absolute atomic E-state index is 0.201. The van der Waals surface area contributed by atoms with E-state index in [1.165, 1.54) is 11.3 Å². The van der Waals surface area contributed by atoms with Gasteiger partial charge in [0.15, 0.2) is 0 Å². The van der Waals surface area contributed by atoms with E-state index in [1.54, 1.807) is 0 Å². The zero-order chi connectivity index (χ0) is 14.1. The van der Waals surface area contributed by atoms with Crippen LogP contribution in [0.4, 0.5) is 5.69 Å². The van der Waals surface area contributed by atoms with Crippen LogP contribution in [-0.4, -0.2) is 31.3 Å². The molecule has 0 fully saturated rings. The maximum absolute atomic E-state index is 9.26. The first-order valence-corrected chi connectivity index (χ1v) is 7.46. The van der Waals surface area contributed by atoms with Gasteiger partial charge in [0.25, 0.3) is 0 Å². The Bertz CT molecular complexity index is 348. The number of hydrogen-bond acceptors (Lipinski definition) is 3. The second-order valence-electron chi connectivity index (χ2n) is 4.79. The number of rotatable bonds is 9. The Labute approximate surface area is 117 Å². The van der Waals surface area contributed by atoms with E-state index >= 15 is 0 Å². The van der Waals surface area contributed by atoms with E-state index in [2.05, 4.69) is 55.3 Å². The van der Waals surface area contributed by atoms with Crippen LogP contribution >= 0.6 is 0 Å². The van der Waals surface area contributed by atoms with Gasteiger partial charge >= 0.3 is 0 Å². The Morgan fingerprint density at radius 2 is 1.89 bits per heavy atom. The SMILES string of the molecule is CCCN(CCO)c1ccccc1C(CC)NCC. The van der Waals surface area contributed by atoms with Crippen molar-refractivity contribution >= 4 is 5.69 Å². The van der Waals surface area contributed by atoms with Crippen LogP contribution in [-0.2, 0) is 0 Å². The molecule has 0 saturated heterocycles. The van der Waals surface area contributed by atoms with Gasteiger partial charge in [-0.15, -0.1) is 0 Å². The highest BCUT2D eigenvalue weighted by molar-refractivity contribution is 5.55. The van der Waals surface area contributed by atoms with Crippen LogP contribution in [0.2, 0.25) is 0 Å². The molecule has 3 nitrogen and oxygen atoms in total. The van der Waals surface area contributed by atoms with Gasteiger partial charge in [0.2, 0.25) is 0 Å². The summed E-state index contributed by atoms with van der Waals surface area (Å²) < 4.78 is 0. The number of benzene rings is 1. The van der Waals surface area contributed by atoms with Crippen LogP contribution < -0.4 is 10.2 Å². The van der Waals surface area contributed by atoms with E-state index < -0.39 is 0 Å². The Balaban J connectivity index is 3.03. The van der Waals surface area contributed by atoms with Crippen molar-refractivity contribution in [2.45, 2.75) is 39.7 Å². The van der Waals surface area contributed by atoms with Crippen molar-refractivity contribution in [3.8, 4) is 0 Å². The Morgan fingerprint density at radius 3 is 2.47 bits per heavy atom. The molecule has 0 amide bonds. The zero-order valence-electron chi connectivity index (χ0n) is 12.5. The predicted octanol–water partition coefficient (Wildman–Crippen LogP) is 2.96. The number of para-hydroxylation sites is 1. The summed E-state index contributed by atoms with van der Waals surface area (Å²) in [4.78, 5) is 2.29. The summed E-state index contributed by atoms with van der Waals surface area (Å²) in [6.07, 6.45) is 2.16. The zero-order valence-corrected chi connectivity index (χ0v) is 12.5. The summed E-state index contributed by atoms with van der Waals surface area (Å²) >= 11 is 0. The molecule has 1 aromatic carbocycles. The molecule has 1 rings (SSSR count). The third-order valence-electron chi connectivity index (χ3n) is 3.38. The van der Waals surface area contributed by atoms with Gasteiger partial charge in [-0.1, -0.05) is 39.0 Å². The molecule has 19 heavy (non-hydrogen) atoms. The first kappa shape index (κ1) is 16.0. The highest BCUT2D eigenvalue weighted by Crippen LogP contribution is 2.28. The van der Waals surface area contributed by atoms with Crippen LogP contribution in [0.25, 0.3) is 0 Å². The third-order valence-corrected chi connectivity index (χ3v) is 3.38. The van der Waals surface area contributed by atoms with Crippen molar-refractivity contribution in [3.63, 3.8) is 0 Å². The highest BCUT2D eigenvalue weighted by Gasteiger charge is 2.15. The molecule has 2 N–H and O–H groups in total. The molecule has 0 aliphatic heterocycles. The molecule has 0 heterocycles. The number of aliphatic hydroxyl groups excluding tert-OH is 1. The van der Waals surface area contributed by atoms with Crippen molar-refractivity contribution in [2.75, 3.05) is 31.1 Å². The van der Waals surface area contributed by atoms with Gasteiger partial charge in [0.05, 0.1) is 6.61 Å². The average molecular weight is 264 g/mol. The molecule has 108 valence electrons. The number of nitrogens with one attached hydrogen (secondary N) is 1. The average Bonchev–Trinajstić information content (AvgIpc) is 2.44. The van der Waals surface area contributed by atoms with Crippen LogP contribution in [0.3, 0.4) is 0 Å². The van der Waals surface area contributed by atoms with Crippen molar-refractivity contribution in [2.24, 2.45) is 0 Å². The fourth-order valence-electron chi connectivity index (χ4n) is 2.53. The van der Waals surface area contributed by atoms with Crippen LogP contribution in [0.1, 0.15) is 45.2 Å². The minimum Gasteiger partial charge on any atom is -0.395 e. The molecule has 0 radical (unpaired) electrons. The molecule has 1 atom stereocenters. The Kier molecular flexibility index (Phi) is 7.53. The maximum atomic E-state index is 9.26. The van der Waals surface area contributed by atoms with Crippen molar-refractivity contribution in [3.05, 3.63) is 29.8 Å². The third kappa shape index (κ3) is 4.51. The lowest BCUT2D eigenvalue weighted by atomic mass is 10.0. The molecule has 3 heteroatoms. The van der Waals surface area contributed by atoms with Gasteiger partial charge in [0.1, 0.15) is 0 Å². The predicted molar refractivity (Wildman–Crippen MR) is 82.7 cm³/mol. The molecule has 0 spiro atoms. The molecule has 0 aliphatic rings. The topological polar surface area (TPSA) is 35.5 Å². The standard InChI is InChI=1S/C16H28N2O/c1-4-11-18(12-13-19)16-10-8-7-9-14(16)15(5-2)17-6-3/h7-10,15,17,19H,4-6,11-13H2,1-3H3. The first-order chi connectivity index (χ1) is 9.28. The van der Waals surface area contributed by atoms with Crippen molar-refractivity contribution in [1.29, 1.82) is 0 Å². The second kappa shape index (κ2) is 8.94. The van der Waals surface area contributed by atoms with Gasteiger partial charge in [-0.3, -0.25) is 0 Å². The smallest absolute Gasteiger partial charge is 0.0606 e.